The molecule has 0 bridgehead atoms. The number of pyridine rings is 1. The molecule has 0 unspecified atom stereocenters. The van der Waals surface area contributed by atoms with Gasteiger partial charge < -0.3 is 5.32 Å². The Hall–Kier alpha value is -1.81. The fourth-order valence-corrected chi connectivity index (χ4v) is 2.86. The number of aryl methyl sites for hydroxylation is 1. The van der Waals surface area contributed by atoms with Crippen molar-refractivity contribution in [3.05, 3.63) is 52.6 Å². The average Bonchev–Trinajstić information content (AvgIpc) is 2.75. The van der Waals surface area contributed by atoms with E-state index in [1.54, 1.807) is 0 Å². The molecule has 1 aromatic carbocycles. The van der Waals surface area contributed by atoms with Gasteiger partial charge in [-0.1, -0.05) is 34.1 Å². The molecule has 1 N–H and O–H groups in total. The van der Waals surface area contributed by atoms with Crippen LogP contribution in [0.5, 0.6) is 0 Å². The van der Waals surface area contributed by atoms with Gasteiger partial charge in [0.15, 0.2) is 0 Å². The third kappa shape index (κ3) is 3.02. The molecule has 0 aliphatic rings. The van der Waals surface area contributed by atoms with E-state index in [1.165, 1.54) is 5.56 Å². The Labute approximate surface area is 139 Å². The Kier molecular flexibility index (Phi) is 3.73. The molecule has 0 spiro atoms. The molecule has 2 aromatic heterocycles. The minimum Gasteiger partial charge on any atom is -0.365 e. The Morgan fingerprint density at radius 2 is 1.91 bits per heavy atom. The minimum absolute atomic E-state index is 0.0412. The standard InChI is InChI=1S/C18H20BrN3/c1-12-8-9-15-20-16(13-6-5-7-14(19)10-13)17(22(15)11-12)21-18(2,3)4/h5-11,21H,1-4H3. The van der Waals surface area contributed by atoms with E-state index in [4.69, 9.17) is 4.98 Å². The molecule has 3 aromatic rings. The zero-order chi connectivity index (χ0) is 15.9. The van der Waals surface area contributed by atoms with E-state index >= 15 is 0 Å². The summed E-state index contributed by atoms with van der Waals surface area (Å²) < 4.78 is 3.19. The van der Waals surface area contributed by atoms with Crippen molar-refractivity contribution in [1.29, 1.82) is 0 Å². The van der Waals surface area contributed by atoms with Crippen LogP contribution in [0.2, 0.25) is 0 Å². The van der Waals surface area contributed by atoms with Crippen molar-refractivity contribution in [2.75, 3.05) is 5.32 Å². The number of anilines is 1. The average molecular weight is 358 g/mol. The summed E-state index contributed by atoms with van der Waals surface area (Å²) in [5, 5.41) is 3.60. The van der Waals surface area contributed by atoms with Crippen LogP contribution in [-0.4, -0.2) is 14.9 Å². The van der Waals surface area contributed by atoms with Gasteiger partial charge in [0.25, 0.3) is 0 Å². The molecular weight excluding hydrogens is 338 g/mol. The number of hydrogen-bond acceptors (Lipinski definition) is 2. The Bertz CT molecular complexity index is 828. The molecule has 0 amide bonds. The van der Waals surface area contributed by atoms with Crippen LogP contribution in [0.1, 0.15) is 26.3 Å². The first-order valence-corrected chi connectivity index (χ1v) is 8.16. The van der Waals surface area contributed by atoms with Crippen molar-refractivity contribution >= 4 is 27.4 Å². The van der Waals surface area contributed by atoms with Crippen molar-refractivity contribution in [2.45, 2.75) is 33.2 Å². The second-order valence-electron chi connectivity index (χ2n) is 6.63. The van der Waals surface area contributed by atoms with Crippen LogP contribution in [-0.2, 0) is 0 Å². The van der Waals surface area contributed by atoms with Gasteiger partial charge in [0.2, 0.25) is 0 Å². The molecule has 22 heavy (non-hydrogen) atoms. The minimum atomic E-state index is -0.0412. The molecule has 0 saturated carbocycles. The zero-order valence-corrected chi connectivity index (χ0v) is 14.9. The van der Waals surface area contributed by atoms with Crippen LogP contribution in [0.25, 0.3) is 16.9 Å². The van der Waals surface area contributed by atoms with Crippen molar-refractivity contribution < 1.29 is 0 Å². The van der Waals surface area contributed by atoms with Crippen LogP contribution in [0.3, 0.4) is 0 Å². The number of fused-ring (bicyclic) bond motifs is 1. The lowest BCUT2D eigenvalue weighted by atomic mass is 10.1. The van der Waals surface area contributed by atoms with Gasteiger partial charge in [-0.2, -0.15) is 0 Å². The topological polar surface area (TPSA) is 29.3 Å². The van der Waals surface area contributed by atoms with Gasteiger partial charge in [0.05, 0.1) is 0 Å². The first-order chi connectivity index (χ1) is 10.3. The van der Waals surface area contributed by atoms with Crippen LogP contribution >= 0.6 is 15.9 Å². The lowest BCUT2D eigenvalue weighted by molar-refractivity contribution is 0.629. The van der Waals surface area contributed by atoms with E-state index in [9.17, 15) is 0 Å². The summed E-state index contributed by atoms with van der Waals surface area (Å²) in [5.41, 5.74) is 4.19. The molecule has 2 heterocycles. The highest BCUT2D eigenvalue weighted by Gasteiger charge is 2.19. The molecule has 0 radical (unpaired) electrons. The Morgan fingerprint density at radius 1 is 1.14 bits per heavy atom. The van der Waals surface area contributed by atoms with Gasteiger partial charge in [-0.3, -0.25) is 4.40 Å². The second kappa shape index (κ2) is 5.43. The molecule has 0 fully saturated rings. The molecule has 114 valence electrons. The lowest BCUT2D eigenvalue weighted by Crippen LogP contribution is -2.27. The first-order valence-electron chi connectivity index (χ1n) is 7.36. The van der Waals surface area contributed by atoms with Crippen LogP contribution < -0.4 is 5.32 Å². The first kappa shape index (κ1) is 15.1. The quantitative estimate of drug-likeness (QED) is 0.675. The molecule has 3 nitrogen and oxygen atoms in total. The highest BCUT2D eigenvalue weighted by Crippen LogP contribution is 2.32. The summed E-state index contributed by atoms with van der Waals surface area (Å²) in [5.74, 6) is 1.03. The van der Waals surface area contributed by atoms with E-state index in [1.807, 2.05) is 12.1 Å². The summed E-state index contributed by atoms with van der Waals surface area (Å²) in [6, 6.07) is 12.4. The highest BCUT2D eigenvalue weighted by molar-refractivity contribution is 9.10. The van der Waals surface area contributed by atoms with E-state index in [2.05, 4.69) is 83.8 Å². The second-order valence-corrected chi connectivity index (χ2v) is 7.54. The molecule has 0 saturated heterocycles. The van der Waals surface area contributed by atoms with Crippen molar-refractivity contribution in [1.82, 2.24) is 9.38 Å². The maximum atomic E-state index is 4.83. The normalized spacial score (nSPS) is 11.9. The predicted octanol–water partition coefficient (Wildman–Crippen LogP) is 5.28. The number of nitrogens with one attached hydrogen (secondary N) is 1. The van der Waals surface area contributed by atoms with E-state index in [0.717, 1.165) is 27.2 Å². The molecular formula is C18H20BrN3. The van der Waals surface area contributed by atoms with Gasteiger partial charge in [-0.15, -0.1) is 0 Å². The van der Waals surface area contributed by atoms with E-state index in [-0.39, 0.29) is 5.54 Å². The Balaban J connectivity index is 2.26. The smallest absolute Gasteiger partial charge is 0.139 e. The number of benzene rings is 1. The molecule has 3 rings (SSSR count). The van der Waals surface area contributed by atoms with E-state index < -0.39 is 0 Å². The SMILES string of the molecule is Cc1ccc2nc(-c3cccc(Br)c3)c(NC(C)(C)C)n2c1. The fraction of sp³-hybridized carbons (Fsp3) is 0.278. The summed E-state index contributed by atoms with van der Waals surface area (Å²) in [6.07, 6.45) is 2.12. The Morgan fingerprint density at radius 3 is 2.59 bits per heavy atom. The molecule has 0 atom stereocenters. The summed E-state index contributed by atoms with van der Waals surface area (Å²) in [4.78, 5) is 4.83. The van der Waals surface area contributed by atoms with Gasteiger partial charge in [-0.05, 0) is 51.5 Å². The van der Waals surface area contributed by atoms with Crippen LogP contribution in [0.15, 0.2) is 47.1 Å². The van der Waals surface area contributed by atoms with Crippen molar-refractivity contribution in [3.8, 4) is 11.3 Å². The van der Waals surface area contributed by atoms with Crippen LogP contribution in [0.4, 0.5) is 5.82 Å². The third-order valence-corrected chi connectivity index (χ3v) is 3.85. The monoisotopic (exact) mass is 357 g/mol. The maximum Gasteiger partial charge on any atom is 0.139 e. The predicted molar refractivity (Wildman–Crippen MR) is 96.4 cm³/mol. The van der Waals surface area contributed by atoms with Gasteiger partial charge in [-0.25, -0.2) is 4.98 Å². The number of imidazole rings is 1. The zero-order valence-electron chi connectivity index (χ0n) is 13.3. The summed E-state index contributed by atoms with van der Waals surface area (Å²) >= 11 is 3.55. The number of nitrogens with zero attached hydrogens (tertiary/aromatic N) is 2. The number of rotatable bonds is 2. The summed E-state index contributed by atoms with van der Waals surface area (Å²) in [7, 11) is 0. The number of aromatic nitrogens is 2. The van der Waals surface area contributed by atoms with Crippen molar-refractivity contribution in [3.63, 3.8) is 0 Å². The van der Waals surface area contributed by atoms with Gasteiger partial charge >= 0.3 is 0 Å². The third-order valence-electron chi connectivity index (χ3n) is 3.36. The highest BCUT2D eigenvalue weighted by atomic mass is 79.9. The number of halogens is 1. The van der Waals surface area contributed by atoms with Gasteiger partial charge in [0.1, 0.15) is 17.2 Å². The molecule has 0 aliphatic carbocycles. The molecule has 0 aliphatic heterocycles. The fourth-order valence-electron chi connectivity index (χ4n) is 2.46. The maximum absolute atomic E-state index is 4.83. The number of hydrogen-bond donors (Lipinski definition) is 1. The van der Waals surface area contributed by atoms with Crippen molar-refractivity contribution in [2.24, 2.45) is 0 Å². The summed E-state index contributed by atoms with van der Waals surface area (Å²) in [6.45, 7) is 8.58. The van der Waals surface area contributed by atoms with Crippen LogP contribution in [0, 0.1) is 6.92 Å². The lowest BCUT2D eigenvalue weighted by Gasteiger charge is -2.22. The van der Waals surface area contributed by atoms with E-state index in [0.29, 0.717) is 0 Å². The molecule has 4 heteroatoms. The largest absolute Gasteiger partial charge is 0.365 e. The van der Waals surface area contributed by atoms with Gasteiger partial charge in [0, 0.05) is 21.8 Å².